The molecule has 2 N–H and O–H groups in total. The second kappa shape index (κ2) is 4.63. The Bertz CT molecular complexity index is 690. The Morgan fingerprint density at radius 2 is 2.05 bits per heavy atom. The molecule has 0 saturated heterocycles. The number of hydrogen-bond donors (Lipinski definition) is 2. The topological polar surface area (TPSA) is 75.3 Å². The third kappa shape index (κ3) is 2.70. The number of hydrogen-bond acceptors (Lipinski definition) is 3. The van der Waals surface area contributed by atoms with Crippen molar-refractivity contribution >= 4 is 27.3 Å². The summed E-state index contributed by atoms with van der Waals surface area (Å²) >= 11 is 0. The number of carbonyl (C=O) groups excluding carboxylic acids is 1. The zero-order valence-corrected chi connectivity index (χ0v) is 12.6. The molecule has 1 aromatic rings. The molecule has 0 spiro atoms. The molecule has 0 aromatic heterocycles. The van der Waals surface area contributed by atoms with E-state index in [0.29, 0.717) is 11.3 Å². The highest BCUT2D eigenvalue weighted by Gasteiger charge is 2.38. The van der Waals surface area contributed by atoms with E-state index in [1.807, 2.05) is 0 Å². The first-order valence-corrected chi connectivity index (χ1v) is 7.88. The third-order valence-electron chi connectivity index (χ3n) is 3.22. The van der Waals surface area contributed by atoms with Crippen LogP contribution in [0.15, 0.2) is 30.4 Å². The number of amides is 1. The van der Waals surface area contributed by atoms with Crippen molar-refractivity contribution in [2.75, 3.05) is 15.8 Å². The van der Waals surface area contributed by atoms with Crippen LogP contribution in [-0.2, 0) is 20.2 Å². The van der Waals surface area contributed by atoms with Crippen LogP contribution in [0.1, 0.15) is 26.3 Å². The number of sulfonamides is 1. The SMILES string of the molecule is C=C(C)CS(=O)(=O)Nc1ccc2c(c1)C(C)(C)C(=O)N2. The van der Waals surface area contributed by atoms with Gasteiger partial charge in [-0.3, -0.25) is 9.52 Å². The van der Waals surface area contributed by atoms with Crippen LogP contribution in [0.2, 0.25) is 0 Å². The molecule has 6 heteroatoms. The fourth-order valence-electron chi connectivity index (χ4n) is 2.17. The van der Waals surface area contributed by atoms with Crippen LogP contribution in [0.3, 0.4) is 0 Å². The molecule has 1 amide bonds. The molecule has 0 bridgehead atoms. The number of fused-ring (bicyclic) bond motifs is 1. The maximum absolute atomic E-state index is 11.9. The summed E-state index contributed by atoms with van der Waals surface area (Å²) in [5.41, 5.74) is 1.87. The molecule has 1 aliphatic heterocycles. The van der Waals surface area contributed by atoms with Gasteiger partial charge in [-0.2, -0.15) is 0 Å². The van der Waals surface area contributed by atoms with Crippen LogP contribution < -0.4 is 10.0 Å². The largest absolute Gasteiger partial charge is 0.325 e. The molecule has 1 aromatic carbocycles. The van der Waals surface area contributed by atoms with Gasteiger partial charge in [0.2, 0.25) is 15.9 Å². The van der Waals surface area contributed by atoms with Gasteiger partial charge in [-0.25, -0.2) is 8.42 Å². The zero-order chi connectivity index (χ0) is 15.1. The van der Waals surface area contributed by atoms with Crippen molar-refractivity contribution in [3.63, 3.8) is 0 Å². The first-order valence-electron chi connectivity index (χ1n) is 6.23. The van der Waals surface area contributed by atoms with Crippen molar-refractivity contribution in [3.8, 4) is 0 Å². The van der Waals surface area contributed by atoms with Crippen molar-refractivity contribution in [3.05, 3.63) is 35.9 Å². The summed E-state index contributed by atoms with van der Waals surface area (Å²) in [6, 6.07) is 5.04. The Kier molecular flexibility index (Phi) is 3.37. The summed E-state index contributed by atoms with van der Waals surface area (Å²) in [6.07, 6.45) is 0. The predicted molar refractivity (Wildman–Crippen MR) is 80.3 cm³/mol. The minimum atomic E-state index is -3.46. The summed E-state index contributed by atoms with van der Waals surface area (Å²) in [5.74, 6) is -0.209. The van der Waals surface area contributed by atoms with Crippen molar-refractivity contribution < 1.29 is 13.2 Å². The summed E-state index contributed by atoms with van der Waals surface area (Å²) < 4.78 is 26.3. The van der Waals surface area contributed by atoms with Gasteiger partial charge in [0.1, 0.15) is 0 Å². The molecule has 0 radical (unpaired) electrons. The number of carbonyl (C=O) groups is 1. The summed E-state index contributed by atoms with van der Waals surface area (Å²) in [6.45, 7) is 8.87. The van der Waals surface area contributed by atoms with Crippen molar-refractivity contribution in [1.82, 2.24) is 0 Å². The monoisotopic (exact) mass is 294 g/mol. The van der Waals surface area contributed by atoms with Crippen LogP contribution in [0, 0.1) is 0 Å². The second-order valence-corrected chi connectivity index (χ2v) is 7.38. The highest BCUT2D eigenvalue weighted by atomic mass is 32.2. The molecule has 2 rings (SSSR count). The molecule has 0 atom stereocenters. The maximum Gasteiger partial charge on any atom is 0.236 e. The Morgan fingerprint density at radius 1 is 1.40 bits per heavy atom. The number of benzene rings is 1. The van der Waals surface area contributed by atoms with E-state index in [0.717, 1.165) is 11.3 Å². The first kappa shape index (κ1) is 14.6. The van der Waals surface area contributed by atoms with E-state index in [-0.39, 0.29) is 11.7 Å². The normalized spacial score (nSPS) is 16.4. The molecule has 0 unspecified atom stereocenters. The van der Waals surface area contributed by atoms with Gasteiger partial charge in [0.05, 0.1) is 11.2 Å². The van der Waals surface area contributed by atoms with Gasteiger partial charge >= 0.3 is 0 Å². The zero-order valence-electron chi connectivity index (χ0n) is 11.8. The van der Waals surface area contributed by atoms with E-state index in [4.69, 9.17) is 0 Å². The lowest BCUT2D eigenvalue weighted by atomic mass is 9.86. The Morgan fingerprint density at radius 3 is 2.65 bits per heavy atom. The third-order valence-corrected chi connectivity index (χ3v) is 4.64. The van der Waals surface area contributed by atoms with Gasteiger partial charge in [0.15, 0.2) is 0 Å². The van der Waals surface area contributed by atoms with Crippen LogP contribution in [0.25, 0.3) is 0 Å². The number of nitrogens with one attached hydrogen (secondary N) is 2. The maximum atomic E-state index is 11.9. The average Bonchev–Trinajstić information content (AvgIpc) is 2.49. The van der Waals surface area contributed by atoms with Crippen molar-refractivity contribution in [2.45, 2.75) is 26.2 Å². The second-order valence-electron chi connectivity index (χ2n) is 5.66. The lowest BCUT2D eigenvalue weighted by Crippen LogP contribution is -2.27. The average molecular weight is 294 g/mol. The van der Waals surface area contributed by atoms with Crippen molar-refractivity contribution in [1.29, 1.82) is 0 Å². The fraction of sp³-hybridized carbons (Fsp3) is 0.357. The molecule has 0 saturated carbocycles. The number of anilines is 2. The molecule has 0 aliphatic carbocycles. The summed E-state index contributed by atoms with van der Waals surface area (Å²) in [4.78, 5) is 11.8. The minimum Gasteiger partial charge on any atom is -0.325 e. The van der Waals surface area contributed by atoms with Crippen molar-refractivity contribution in [2.24, 2.45) is 0 Å². The van der Waals surface area contributed by atoms with Gasteiger partial charge in [0, 0.05) is 11.4 Å². The smallest absolute Gasteiger partial charge is 0.236 e. The Balaban J connectivity index is 2.32. The van der Waals surface area contributed by atoms with E-state index < -0.39 is 15.4 Å². The minimum absolute atomic E-state index is 0.0885. The highest BCUT2D eigenvalue weighted by Crippen LogP contribution is 2.38. The molecule has 0 fully saturated rings. The van der Waals surface area contributed by atoms with Crippen LogP contribution in [-0.4, -0.2) is 20.1 Å². The van der Waals surface area contributed by atoms with Gasteiger partial charge in [-0.15, -0.1) is 0 Å². The molecule has 20 heavy (non-hydrogen) atoms. The molecule has 1 aliphatic rings. The standard InChI is InChI=1S/C14H18N2O3S/c1-9(2)8-20(18,19)16-10-5-6-12-11(7-10)14(3,4)13(17)15-12/h5-7,16H,1,8H2,2-4H3,(H,15,17). The van der Waals surface area contributed by atoms with E-state index in [1.165, 1.54) is 0 Å². The predicted octanol–water partition coefficient (Wildman–Crippen LogP) is 2.23. The highest BCUT2D eigenvalue weighted by molar-refractivity contribution is 7.92. The Labute approximate surface area is 119 Å². The summed E-state index contributed by atoms with van der Waals surface area (Å²) in [7, 11) is -3.46. The van der Waals surface area contributed by atoms with Crippen LogP contribution >= 0.6 is 0 Å². The van der Waals surface area contributed by atoms with Gasteiger partial charge in [-0.05, 0) is 44.5 Å². The molecule has 5 nitrogen and oxygen atoms in total. The number of rotatable bonds is 4. The van der Waals surface area contributed by atoms with Gasteiger partial charge in [-0.1, -0.05) is 12.2 Å². The molecular weight excluding hydrogens is 276 g/mol. The van der Waals surface area contributed by atoms with E-state index >= 15 is 0 Å². The van der Waals surface area contributed by atoms with E-state index in [2.05, 4.69) is 16.6 Å². The quantitative estimate of drug-likeness (QED) is 0.836. The summed E-state index contributed by atoms with van der Waals surface area (Å²) in [5, 5.41) is 2.78. The first-order chi connectivity index (χ1) is 9.12. The lowest BCUT2D eigenvalue weighted by molar-refractivity contribution is -0.119. The van der Waals surface area contributed by atoms with Gasteiger partial charge < -0.3 is 5.32 Å². The lowest BCUT2D eigenvalue weighted by Gasteiger charge is -2.16. The Hall–Kier alpha value is -1.82. The molecule has 1 heterocycles. The molecular formula is C14H18N2O3S. The fourth-order valence-corrected chi connectivity index (χ4v) is 3.38. The molecule has 108 valence electrons. The van der Waals surface area contributed by atoms with Crippen LogP contribution in [0.5, 0.6) is 0 Å². The van der Waals surface area contributed by atoms with E-state index in [1.54, 1.807) is 39.0 Å². The van der Waals surface area contributed by atoms with Crippen LogP contribution in [0.4, 0.5) is 11.4 Å². The van der Waals surface area contributed by atoms with Gasteiger partial charge in [0.25, 0.3) is 0 Å². The van der Waals surface area contributed by atoms with E-state index in [9.17, 15) is 13.2 Å².